The zero-order valence-corrected chi connectivity index (χ0v) is 6.54. The normalized spacial score (nSPS) is 12.0. The molecular weight excluding hydrogens is 118 g/mol. The lowest BCUT2D eigenvalue weighted by Crippen LogP contribution is -2.12. The standard InChI is InChI=1S/C6H15NS/c1-6(2,8)4-3-5-7/h8H,3-5,7H2,1-2H3. The van der Waals surface area contributed by atoms with E-state index in [-0.39, 0.29) is 4.75 Å². The minimum Gasteiger partial charge on any atom is -0.330 e. The zero-order chi connectivity index (χ0) is 6.62. The highest BCUT2D eigenvalue weighted by Gasteiger charge is 2.08. The van der Waals surface area contributed by atoms with Crippen molar-refractivity contribution in [3.8, 4) is 0 Å². The molecule has 0 aliphatic heterocycles. The van der Waals surface area contributed by atoms with Crippen LogP contribution in [0.4, 0.5) is 0 Å². The van der Waals surface area contributed by atoms with Crippen molar-refractivity contribution in [2.45, 2.75) is 31.4 Å². The average molecular weight is 133 g/mol. The number of hydrogen-bond donors (Lipinski definition) is 2. The van der Waals surface area contributed by atoms with Crippen LogP contribution in [0.15, 0.2) is 0 Å². The Hall–Kier alpha value is 0.310. The van der Waals surface area contributed by atoms with Crippen LogP contribution >= 0.6 is 12.6 Å². The molecule has 0 amide bonds. The number of hydrogen-bond acceptors (Lipinski definition) is 2. The molecule has 0 aromatic heterocycles. The maximum atomic E-state index is 5.30. The molecule has 0 spiro atoms. The molecule has 0 radical (unpaired) electrons. The summed E-state index contributed by atoms with van der Waals surface area (Å²) in [6, 6.07) is 0. The van der Waals surface area contributed by atoms with Crippen LogP contribution in [0.25, 0.3) is 0 Å². The SMILES string of the molecule is CC(C)(S)CCCN. The molecule has 0 aromatic carbocycles. The molecule has 0 atom stereocenters. The Morgan fingerprint density at radius 1 is 1.50 bits per heavy atom. The van der Waals surface area contributed by atoms with E-state index in [1.54, 1.807) is 0 Å². The first kappa shape index (κ1) is 8.31. The third-order valence-electron chi connectivity index (χ3n) is 0.993. The molecule has 1 nitrogen and oxygen atoms in total. The van der Waals surface area contributed by atoms with Crippen molar-refractivity contribution in [2.75, 3.05) is 6.54 Å². The van der Waals surface area contributed by atoms with Crippen LogP contribution in [0.5, 0.6) is 0 Å². The lowest BCUT2D eigenvalue weighted by atomic mass is 10.1. The lowest BCUT2D eigenvalue weighted by molar-refractivity contribution is 0.612. The number of thiol groups is 1. The van der Waals surface area contributed by atoms with E-state index >= 15 is 0 Å². The second kappa shape index (κ2) is 3.36. The van der Waals surface area contributed by atoms with Crippen molar-refractivity contribution in [2.24, 2.45) is 5.73 Å². The minimum atomic E-state index is 0.166. The van der Waals surface area contributed by atoms with Gasteiger partial charge >= 0.3 is 0 Å². The van der Waals surface area contributed by atoms with E-state index < -0.39 is 0 Å². The Labute approximate surface area is 57.1 Å². The van der Waals surface area contributed by atoms with Crippen LogP contribution in [0.2, 0.25) is 0 Å². The van der Waals surface area contributed by atoms with Gasteiger partial charge in [0, 0.05) is 4.75 Å². The van der Waals surface area contributed by atoms with Gasteiger partial charge in [-0.3, -0.25) is 0 Å². The van der Waals surface area contributed by atoms with E-state index in [9.17, 15) is 0 Å². The van der Waals surface area contributed by atoms with Crippen molar-refractivity contribution in [3.05, 3.63) is 0 Å². The van der Waals surface area contributed by atoms with Gasteiger partial charge in [0.05, 0.1) is 0 Å². The fourth-order valence-electron chi connectivity index (χ4n) is 0.535. The van der Waals surface area contributed by atoms with Gasteiger partial charge in [-0.2, -0.15) is 12.6 Å². The summed E-state index contributed by atoms with van der Waals surface area (Å²) in [4.78, 5) is 0. The molecule has 0 aliphatic carbocycles. The fraction of sp³-hybridized carbons (Fsp3) is 1.00. The first-order valence-corrected chi connectivity index (χ1v) is 3.43. The summed E-state index contributed by atoms with van der Waals surface area (Å²) in [5, 5.41) is 0. The summed E-state index contributed by atoms with van der Waals surface area (Å²) in [5.41, 5.74) is 5.30. The second-order valence-electron chi connectivity index (χ2n) is 2.70. The van der Waals surface area contributed by atoms with Crippen molar-refractivity contribution in [3.63, 3.8) is 0 Å². The number of nitrogens with two attached hydrogens (primary N) is 1. The third kappa shape index (κ3) is 6.31. The summed E-state index contributed by atoms with van der Waals surface area (Å²) in [5.74, 6) is 0. The Kier molecular flexibility index (Phi) is 3.49. The summed E-state index contributed by atoms with van der Waals surface area (Å²) in [6.07, 6.45) is 2.18. The quantitative estimate of drug-likeness (QED) is 0.560. The summed E-state index contributed by atoms with van der Waals surface area (Å²) in [6.45, 7) is 4.99. The molecule has 0 aromatic rings. The molecule has 0 rings (SSSR count). The van der Waals surface area contributed by atoms with Gasteiger partial charge in [0.25, 0.3) is 0 Å². The van der Waals surface area contributed by atoms with Gasteiger partial charge in [-0.05, 0) is 19.4 Å². The van der Waals surface area contributed by atoms with Gasteiger partial charge in [-0.25, -0.2) is 0 Å². The van der Waals surface area contributed by atoms with Crippen molar-refractivity contribution in [1.29, 1.82) is 0 Å². The van der Waals surface area contributed by atoms with Gasteiger partial charge < -0.3 is 5.73 Å². The summed E-state index contributed by atoms with van der Waals surface area (Å²) < 4.78 is 0.166. The van der Waals surface area contributed by atoms with Crippen LogP contribution < -0.4 is 5.73 Å². The van der Waals surface area contributed by atoms with Gasteiger partial charge in [-0.1, -0.05) is 13.8 Å². The summed E-state index contributed by atoms with van der Waals surface area (Å²) >= 11 is 4.33. The largest absolute Gasteiger partial charge is 0.330 e. The average Bonchev–Trinajstić information content (AvgIpc) is 1.59. The van der Waals surface area contributed by atoms with E-state index in [2.05, 4.69) is 26.5 Å². The second-order valence-corrected chi connectivity index (χ2v) is 3.92. The van der Waals surface area contributed by atoms with Gasteiger partial charge in [0.2, 0.25) is 0 Å². The Morgan fingerprint density at radius 2 is 2.00 bits per heavy atom. The van der Waals surface area contributed by atoms with Crippen LogP contribution in [0.3, 0.4) is 0 Å². The Bertz CT molecular complexity index is 56.0. The highest BCUT2D eigenvalue weighted by molar-refractivity contribution is 7.81. The van der Waals surface area contributed by atoms with E-state index in [1.165, 1.54) is 0 Å². The molecule has 2 N–H and O–H groups in total. The Balaban J connectivity index is 3.11. The third-order valence-corrected chi connectivity index (χ3v) is 1.22. The van der Waals surface area contributed by atoms with E-state index in [0.717, 1.165) is 19.4 Å². The molecule has 0 bridgehead atoms. The van der Waals surface area contributed by atoms with Crippen LogP contribution in [-0.4, -0.2) is 11.3 Å². The Morgan fingerprint density at radius 3 is 2.12 bits per heavy atom. The predicted octanol–water partition coefficient (Wildman–Crippen LogP) is 1.43. The molecular formula is C6H15NS. The van der Waals surface area contributed by atoms with E-state index in [1.807, 2.05) is 0 Å². The predicted molar refractivity (Wildman–Crippen MR) is 41.4 cm³/mol. The van der Waals surface area contributed by atoms with Crippen LogP contribution in [-0.2, 0) is 0 Å². The molecule has 0 heterocycles. The smallest absolute Gasteiger partial charge is 0.00736 e. The maximum Gasteiger partial charge on any atom is 0.00736 e. The van der Waals surface area contributed by atoms with Crippen LogP contribution in [0, 0.1) is 0 Å². The van der Waals surface area contributed by atoms with Crippen molar-refractivity contribution >= 4 is 12.6 Å². The molecule has 0 saturated carbocycles. The van der Waals surface area contributed by atoms with Crippen LogP contribution in [0.1, 0.15) is 26.7 Å². The topological polar surface area (TPSA) is 26.0 Å². The van der Waals surface area contributed by atoms with E-state index in [0.29, 0.717) is 0 Å². The summed E-state index contributed by atoms with van der Waals surface area (Å²) in [7, 11) is 0. The van der Waals surface area contributed by atoms with Crippen molar-refractivity contribution in [1.82, 2.24) is 0 Å². The van der Waals surface area contributed by atoms with E-state index in [4.69, 9.17) is 5.73 Å². The molecule has 2 heteroatoms. The highest BCUT2D eigenvalue weighted by atomic mass is 32.1. The maximum absolute atomic E-state index is 5.30. The minimum absolute atomic E-state index is 0.166. The molecule has 8 heavy (non-hydrogen) atoms. The molecule has 0 saturated heterocycles. The first-order chi connectivity index (χ1) is 3.56. The molecule has 0 fully saturated rings. The highest BCUT2D eigenvalue weighted by Crippen LogP contribution is 2.17. The zero-order valence-electron chi connectivity index (χ0n) is 5.65. The van der Waals surface area contributed by atoms with Gasteiger partial charge in [0.15, 0.2) is 0 Å². The lowest BCUT2D eigenvalue weighted by Gasteiger charge is -2.15. The van der Waals surface area contributed by atoms with Gasteiger partial charge in [0.1, 0.15) is 0 Å². The fourth-order valence-corrected chi connectivity index (χ4v) is 0.693. The number of rotatable bonds is 3. The molecule has 0 unspecified atom stereocenters. The molecule has 0 aliphatic rings. The first-order valence-electron chi connectivity index (χ1n) is 2.99. The van der Waals surface area contributed by atoms with Gasteiger partial charge in [-0.15, -0.1) is 0 Å². The van der Waals surface area contributed by atoms with Crippen molar-refractivity contribution < 1.29 is 0 Å². The molecule has 50 valence electrons. The monoisotopic (exact) mass is 133 g/mol.